The Kier molecular flexibility index (Phi) is 11.4. The molecule has 206 valence electrons. The van der Waals surface area contributed by atoms with Gasteiger partial charge < -0.3 is 19.9 Å². The number of rotatable bonds is 14. The van der Waals surface area contributed by atoms with Gasteiger partial charge in [0, 0.05) is 44.3 Å². The van der Waals surface area contributed by atoms with E-state index < -0.39 is 5.60 Å². The van der Waals surface area contributed by atoms with Crippen LogP contribution in [0.2, 0.25) is 0 Å². The Balaban J connectivity index is 1.96. The molecule has 2 aromatic carbocycles. The third-order valence-corrected chi connectivity index (χ3v) is 7.83. The minimum Gasteiger partial charge on any atom is -0.457 e. The second-order valence-corrected chi connectivity index (χ2v) is 11.5. The van der Waals surface area contributed by atoms with Crippen molar-refractivity contribution in [2.75, 3.05) is 40.4 Å². The molecule has 37 heavy (non-hydrogen) atoms. The number of hydrogen-bond donors (Lipinski definition) is 2. The molecule has 5 nitrogen and oxygen atoms in total. The fourth-order valence-electron chi connectivity index (χ4n) is 5.87. The van der Waals surface area contributed by atoms with Gasteiger partial charge in [-0.25, -0.2) is 0 Å². The molecule has 1 fully saturated rings. The minimum atomic E-state index is -0.972. The molecule has 1 heterocycles. The van der Waals surface area contributed by atoms with Crippen LogP contribution in [-0.4, -0.2) is 56.4 Å². The van der Waals surface area contributed by atoms with E-state index in [1.807, 2.05) is 25.2 Å². The highest BCUT2D eigenvalue weighted by atomic mass is 16.5. The molecule has 0 bridgehead atoms. The Morgan fingerprint density at radius 2 is 1.81 bits per heavy atom. The van der Waals surface area contributed by atoms with Gasteiger partial charge >= 0.3 is 0 Å². The van der Waals surface area contributed by atoms with Crippen LogP contribution in [-0.2, 0) is 10.3 Å². The Labute approximate surface area is 225 Å². The molecule has 0 radical (unpaired) electrons. The predicted octanol–water partition coefficient (Wildman–Crippen LogP) is 6.45. The van der Waals surface area contributed by atoms with Crippen LogP contribution in [0.1, 0.15) is 69.1 Å². The number of aliphatic hydroxyl groups is 1. The van der Waals surface area contributed by atoms with Crippen LogP contribution in [0.5, 0.6) is 11.5 Å². The summed E-state index contributed by atoms with van der Waals surface area (Å²) >= 11 is 0. The van der Waals surface area contributed by atoms with Crippen molar-refractivity contribution < 1.29 is 14.6 Å². The zero-order valence-electron chi connectivity index (χ0n) is 24.1. The lowest BCUT2D eigenvalue weighted by atomic mass is 9.73. The average Bonchev–Trinajstić information content (AvgIpc) is 2.88. The normalized spacial score (nSPS) is 19.1. The summed E-state index contributed by atoms with van der Waals surface area (Å²) in [5.41, 5.74) is 2.29. The number of benzene rings is 2. The molecule has 0 aromatic heterocycles. The van der Waals surface area contributed by atoms with Crippen molar-refractivity contribution in [3.8, 4) is 11.5 Å². The van der Waals surface area contributed by atoms with Crippen LogP contribution < -0.4 is 10.1 Å². The lowest BCUT2D eigenvalue weighted by Crippen LogP contribution is -2.52. The molecule has 0 aliphatic carbocycles. The van der Waals surface area contributed by atoms with Gasteiger partial charge in [-0.2, -0.15) is 0 Å². The highest BCUT2D eigenvalue weighted by molar-refractivity contribution is 5.44. The van der Waals surface area contributed by atoms with E-state index in [2.05, 4.69) is 62.2 Å². The first-order chi connectivity index (χ1) is 17.8. The van der Waals surface area contributed by atoms with Crippen molar-refractivity contribution in [1.82, 2.24) is 10.2 Å². The molecule has 3 atom stereocenters. The number of likely N-dealkylation sites (N-methyl/N-ethyl adjacent to an activating group) is 1. The SMILES string of the molecule is CNCC(CC(C)C)N1CCCC(C(O)(CCCCOC)c2cc(C)ccc2Oc2ccc(C)cc2)C1. The maximum Gasteiger partial charge on any atom is 0.133 e. The smallest absolute Gasteiger partial charge is 0.133 e. The number of ether oxygens (including phenoxy) is 2. The Hall–Kier alpha value is -1.92. The zero-order chi connectivity index (χ0) is 26.8. The molecule has 1 aliphatic rings. The van der Waals surface area contributed by atoms with Crippen molar-refractivity contribution in [1.29, 1.82) is 0 Å². The molecule has 2 N–H and O–H groups in total. The van der Waals surface area contributed by atoms with Crippen molar-refractivity contribution >= 4 is 0 Å². The van der Waals surface area contributed by atoms with E-state index in [0.29, 0.717) is 25.0 Å². The predicted molar refractivity (Wildman–Crippen MR) is 154 cm³/mol. The fraction of sp³-hybridized carbons (Fsp3) is 0.625. The third-order valence-electron chi connectivity index (χ3n) is 7.83. The van der Waals surface area contributed by atoms with Gasteiger partial charge in [0.15, 0.2) is 0 Å². The summed E-state index contributed by atoms with van der Waals surface area (Å²) in [5.74, 6) is 2.33. The van der Waals surface area contributed by atoms with Gasteiger partial charge in [-0.3, -0.25) is 4.90 Å². The number of likely N-dealkylation sites (tertiary alicyclic amines) is 1. The summed E-state index contributed by atoms with van der Waals surface area (Å²) in [6.07, 6.45) is 5.82. The van der Waals surface area contributed by atoms with Crippen molar-refractivity contribution in [2.24, 2.45) is 11.8 Å². The van der Waals surface area contributed by atoms with Gasteiger partial charge in [0.25, 0.3) is 0 Å². The molecule has 0 spiro atoms. The van der Waals surface area contributed by atoms with Gasteiger partial charge in [0.1, 0.15) is 11.5 Å². The van der Waals surface area contributed by atoms with Crippen molar-refractivity contribution in [3.63, 3.8) is 0 Å². The molecule has 1 aliphatic heterocycles. The topological polar surface area (TPSA) is 54.0 Å². The van der Waals surface area contributed by atoms with Crippen LogP contribution in [0.4, 0.5) is 0 Å². The molecule has 3 unspecified atom stereocenters. The number of unbranched alkanes of at least 4 members (excludes halogenated alkanes) is 1. The molecule has 1 saturated heterocycles. The summed E-state index contributed by atoms with van der Waals surface area (Å²) in [4.78, 5) is 2.63. The maximum absolute atomic E-state index is 12.7. The Morgan fingerprint density at radius 1 is 1.08 bits per heavy atom. The van der Waals surface area contributed by atoms with E-state index in [0.717, 1.165) is 74.4 Å². The fourth-order valence-corrected chi connectivity index (χ4v) is 5.87. The molecule has 2 aromatic rings. The standard InChI is InChI=1S/C32H50N2O3/c1-24(2)20-28(22-33-5)34-18-9-10-27(23-34)32(35,17-7-8-19-36-6)30-21-26(4)13-16-31(30)37-29-14-11-25(3)12-15-29/h11-16,21,24,27-28,33,35H,7-10,17-20,22-23H2,1-6H3. The first-order valence-corrected chi connectivity index (χ1v) is 14.2. The van der Waals surface area contributed by atoms with Gasteiger partial charge in [-0.05, 0) is 96.1 Å². The number of piperidine rings is 1. The van der Waals surface area contributed by atoms with Crippen LogP contribution in [0, 0.1) is 25.7 Å². The van der Waals surface area contributed by atoms with Gasteiger partial charge in [0.05, 0.1) is 5.60 Å². The second-order valence-electron chi connectivity index (χ2n) is 11.5. The van der Waals surface area contributed by atoms with E-state index in [4.69, 9.17) is 9.47 Å². The van der Waals surface area contributed by atoms with Crippen molar-refractivity contribution in [3.05, 3.63) is 59.2 Å². The number of nitrogens with one attached hydrogen (secondary N) is 1. The second kappa shape index (κ2) is 14.3. The first kappa shape index (κ1) is 29.6. The molecule has 5 heteroatoms. The van der Waals surface area contributed by atoms with Crippen LogP contribution in [0.3, 0.4) is 0 Å². The van der Waals surface area contributed by atoms with Crippen LogP contribution in [0.15, 0.2) is 42.5 Å². The molecular formula is C32H50N2O3. The van der Waals surface area contributed by atoms with Crippen LogP contribution >= 0.6 is 0 Å². The van der Waals surface area contributed by atoms with Gasteiger partial charge in [-0.15, -0.1) is 0 Å². The van der Waals surface area contributed by atoms with Crippen LogP contribution in [0.25, 0.3) is 0 Å². The molecule has 0 amide bonds. The summed E-state index contributed by atoms with van der Waals surface area (Å²) in [6.45, 7) is 12.5. The summed E-state index contributed by atoms with van der Waals surface area (Å²) < 4.78 is 11.8. The van der Waals surface area contributed by atoms with E-state index in [1.54, 1.807) is 7.11 Å². The average molecular weight is 511 g/mol. The molecule has 3 rings (SSSR count). The Morgan fingerprint density at radius 3 is 2.49 bits per heavy atom. The summed E-state index contributed by atoms with van der Waals surface area (Å²) in [6, 6.07) is 14.9. The van der Waals surface area contributed by atoms with E-state index in [-0.39, 0.29) is 5.92 Å². The monoisotopic (exact) mass is 510 g/mol. The quantitative estimate of drug-likeness (QED) is 0.286. The summed E-state index contributed by atoms with van der Waals surface area (Å²) in [7, 11) is 3.79. The number of hydrogen-bond acceptors (Lipinski definition) is 5. The van der Waals surface area contributed by atoms with Gasteiger partial charge in [0.2, 0.25) is 0 Å². The highest BCUT2D eigenvalue weighted by Gasteiger charge is 2.43. The number of nitrogens with zero attached hydrogens (tertiary/aromatic N) is 1. The van der Waals surface area contributed by atoms with Crippen molar-refractivity contribution in [2.45, 2.75) is 77.9 Å². The maximum atomic E-state index is 12.7. The zero-order valence-corrected chi connectivity index (χ0v) is 24.1. The number of aryl methyl sites for hydroxylation is 2. The first-order valence-electron chi connectivity index (χ1n) is 14.2. The largest absolute Gasteiger partial charge is 0.457 e. The number of methoxy groups -OCH3 is 1. The van der Waals surface area contributed by atoms with E-state index in [1.165, 1.54) is 5.56 Å². The minimum absolute atomic E-state index is 0.137. The molecule has 0 saturated carbocycles. The summed E-state index contributed by atoms with van der Waals surface area (Å²) in [5, 5.41) is 16.1. The Bertz CT molecular complexity index is 946. The lowest BCUT2D eigenvalue weighted by molar-refractivity contribution is -0.0695. The lowest BCUT2D eigenvalue weighted by Gasteiger charge is -2.46. The van der Waals surface area contributed by atoms with E-state index >= 15 is 0 Å². The molecular weight excluding hydrogens is 460 g/mol. The third kappa shape index (κ3) is 8.28. The highest BCUT2D eigenvalue weighted by Crippen LogP contribution is 2.45. The van der Waals surface area contributed by atoms with E-state index in [9.17, 15) is 5.11 Å². The van der Waals surface area contributed by atoms with Gasteiger partial charge in [-0.1, -0.05) is 43.2 Å².